The number of aliphatic hydroxyl groups excluding tert-OH is 3. The number of aliphatic hydroxyl groups is 3. The number of hydrogen-bond acceptors (Lipinski definition) is 4. The van der Waals surface area contributed by atoms with Crippen molar-refractivity contribution in [3.63, 3.8) is 0 Å². The van der Waals surface area contributed by atoms with Crippen LogP contribution in [-0.4, -0.2) is 45.2 Å². The topological polar surface area (TPSA) is 98.0 Å². The molecule has 132 valence electrons. The Morgan fingerprint density at radius 1 is 0.682 bits per heavy atom. The average molecular weight is 318 g/mol. The van der Waals surface area contributed by atoms with Crippen LogP contribution in [-0.2, 0) is 4.79 Å². The van der Waals surface area contributed by atoms with Crippen molar-refractivity contribution in [2.75, 3.05) is 6.61 Å². The Hall–Kier alpha value is -0.650. The van der Waals surface area contributed by atoms with E-state index in [2.05, 4.69) is 0 Å². The maximum Gasteiger partial charge on any atom is 0.303 e. The zero-order valence-electron chi connectivity index (χ0n) is 13.8. The number of aliphatic carboxylic acids is 1. The summed E-state index contributed by atoms with van der Waals surface area (Å²) in [7, 11) is 0. The third kappa shape index (κ3) is 14.3. The Bertz CT molecular complexity index is 257. The first kappa shape index (κ1) is 21.4. The molecule has 0 saturated heterocycles. The molecule has 0 aromatic rings. The molecule has 0 bridgehead atoms. The van der Waals surface area contributed by atoms with Gasteiger partial charge in [-0.3, -0.25) is 4.79 Å². The predicted octanol–water partition coefficient (Wildman–Crippen LogP) is 2.86. The molecule has 0 fully saturated rings. The van der Waals surface area contributed by atoms with E-state index in [4.69, 9.17) is 10.2 Å². The maximum atomic E-state index is 10.3. The highest BCUT2D eigenvalue weighted by Crippen LogP contribution is 2.14. The zero-order valence-corrected chi connectivity index (χ0v) is 13.8. The standard InChI is InChI=1S/C17H34O5/c18-14-10-6-2-4-8-12-16(20)15(19)11-7-3-1-5-9-13-17(21)22/h15-16,18-20H,1-14H2,(H,21,22)/t15-,16+/m1/s1. The second kappa shape index (κ2) is 15.3. The van der Waals surface area contributed by atoms with E-state index in [0.717, 1.165) is 64.2 Å². The van der Waals surface area contributed by atoms with Crippen molar-refractivity contribution < 1.29 is 25.2 Å². The summed E-state index contributed by atoms with van der Waals surface area (Å²) >= 11 is 0. The van der Waals surface area contributed by atoms with Crippen molar-refractivity contribution in [3.05, 3.63) is 0 Å². The summed E-state index contributed by atoms with van der Waals surface area (Å²) in [5.74, 6) is -0.741. The molecule has 0 aliphatic carbocycles. The number of unbranched alkanes of at least 4 members (excludes halogenated alkanes) is 8. The Kier molecular flexibility index (Phi) is 14.8. The molecule has 2 atom stereocenters. The molecule has 0 spiro atoms. The summed E-state index contributed by atoms with van der Waals surface area (Å²) in [5.41, 5.74) is 0. The second-order valence-corrected chi connectivity index (χ2v) is 6.11. The number of carbonyl (C=O) groups is 1. The molecule has 0 heterocycles. The second-order valence-electron chi connectivity index (χ2n) is 6.11. The molecule has 0 amide bonds. The highest BCUT2D eigenvalue weighted by Gasteiger charge is 2.15. The molecular formula is C17H34O5. The molecule has 5 heteroatoms. The fourth-order valence-corrected chi connectivity index (χ4v) is 2.54. The maximum absolute atomic E-state index is 10.3. The molecule has 5 nitrogen and oxygen atoms in total. The van der Waals surface area contributed by atoms with Gasteiger partial charge in [-0.2, -0.15) is 0 Å². The summed E-state index contributed by atoms with van der Waals surface area (Å²) < 4.78 is 0. The van der Waals surface area contributed by atoms with Gasteiger partial charge in [-0.05, 0) is 25.7 Å². The minimum Gasteiger partial charge on any atom is -0.481 e. The minimum absolute atomic E-state index is 0.236. The van der Waals surface area contributed by atoms with Gasteiger partial charge in [0.1, 0.15) is 0 Å². The van der Waals surface area contributed by atoms with Crippen LogP contribution in [0.5, 0.6) is 0 Å². The van der Waals surface area contributed by atoms with E-state index in [1.54, 1.807) is 0 Å². The van der Waals surface area contributed by atoms with Crippen LogP contribution in [0, 0.1) is 0 Å². The smallest absolute Gasteiger partial charge is 0.303 e. The lowest BCUT2D eigenvalue weighted by atomic mass is 10.00. The lowest BCUT2D eigenvalue weighted by molar-refractivity contribution is -0.137. The van der Waals surface area contributed by atoms with Gasteiger partial charge in [-0.1, -0.05) is 51.4 Å². The first-order chi connectivity index (χ1) is 10.6. The number of carboxylic acid groups (broad SMARTS) is 1. The molecule has 4 N–H and O–H groups in total. The van der Waals surface area contributed by atoms with Crippen LogP contribution in [0.4, 0.5) is 0 Å². The monoisotopic (exact) mass is 318 g/mol. The van der Waals surface area contributed by atoms with Gasteiger partial charge >= 0.3 is 5.97 Å². The highest BCUT2D eigenvalue weighted by atomic mass is 16.4. The van der Waals surface area contributed by atoms with Gasteiger partial charge in [0.25, 0.3) is 0 Å². The SMILES string of the molecule is O=C(O)CCCCCCC[C@@H](O)[C@@H](O)CCCCCCCO. The molecule has 0 aromatic carbocycles. The molecule has 0 aliphatic heterocycles. The quantitative estimate of drug-likeness (QED) is 0.328. The third-order valence-corrected chi connectivity index (χ3v) is 3.99. The molecule has 0 saturated carbocycles. The first-order valence-electron chi connectivity index (χ1n) is 8.76. The third-order valence-electron chi connectivity index (χ3n) is 3.99. The molecule has 0 radical (unpaired) electrons. The normalized spacial score (nSPS) is 14.0. The van der Waals surface area contributed by atoms with Crippen LogP contribution in [0.25, 0.3) is 0 Å². The molecule has 0 rings (SSSR count). The van der Waals surface area contributed by atoms with E-state index in [0.29, 0.717) is 12.8 Å². The van der Waals surface area contributed by atoms with Crippen molar-refractivity contribution in [2.24, 2.45) is 0 Å². The number of rotatable bonds is 16. The van der Waals surface area contributed by atoms with Gasteiger partial charge in [0.2, 0.25) is 0 Å². The van der Waals surface area contributed by atoms with Gasteiger partial charge < -0.3 is 20.4 Å². The van der Waals surface area contributed by atoms with Crippen LogP contribution in [0.1, 0.15) is 83.5 Å². The van der Waals surface area contributed by atoms with E-state index in [1.165, 1.54) is 0 Å². The van der Waals surface area contributed by atoms with E-state index in [1.807, 2.05) is 0 Å². The first-order valence-corrected chi connectivity index (χ1v) is 8.76. The Morgan fingerprint density at radius 3 is 1.55 bits per heavy atom. The van der Waals surface area contributed by atoms with Crippen molar-refractivity contribution in [1.82, 2.24) is 0 Å². The van der Waals surface area contributed by atoms with Gasteiger partial charge in [-0.25, -0.2) is 0 Å². The molecule has 0 aliphatic rings. The lowest BCUT2D eigenvalue weighted by Gasteiger charge is -2.17. The summed E-state index contributed by atoms with van der Waals surface area (Å²) in [4.78, 5) is 10.3. The summed E-state index contributed by atoms with van der Waals surface area (Å²) in [6, 6.07) is 0. The van der Waals surface area contributed by atoms with Crippen LogP contribution < -0.4 is 0 Å². The molecular weight excluding hydrogens is 284 g/mol. The highest BCUT2D eigenvalue weighted by molar-refractivity contribution is 5.66. The van der Waals surface area contributed by atoms with Crippen molar-refractivity contribution >= 4 is 5.97 Å². The number of carboxylic acids is 1. The van der Waals surface area contributed by atoms with Crippen molar-refractivity contribution in [2.45, 2.75) is 95.7 Å². The van der Waals surface area contributed by atoms with Crippen molar-refractivity contribution in [1.29, 1.82) is 0 Å². The van der Waals surface area contributed by atoms with Crippen LogP contribution >= 0.6 is 0 Å². The van der Waals surface area contributed by atoms with Gasteiger partial charge in [-0.15, -0.1) is 0 Å². The molecule has 0 unspecified atom stereocenters. The lowest BCUT2D eigenvalue weighted by Crippen LogP contribution is -2.25. The predicted molar refractivity (Wildman–Crippen MR) is 86.8 cm³/mol. The molecule has 0 aromatic heterocycles. The minimum atomic E-state index is -0.741. The Labute approximate surface area is 134 Å². The number of hydrogen-bond donors (Lipinski definition) is 4. The van der Waals surface area contributed by atoms with E-state index in [-0.39, 0.29) is 13.0 Å². The summed E-state index contributed by atoms with van der Waals surface area (Å²) in [5, 5.41) is 36.9. The van der Waals surface area contributed by atoms with Crippen molar-refractivity contribution in [3.8, 4) is 0 Å². The van der Waals surface area contributed by atoms with Crippen LogP contribution in [0.2, 0.25) is 0 Å². The Balaban J connectivity index is 3.38. The summed E-state index contributed by atoms with van der Waals surface area (Å²) in [6.07, 6.45) is 9.58. The fraction of sp³-hybridized carbons (Fsp3) is 0.941. The van der Waals surface area contributed by atoms with Crippen LogP contribution in [0.3, 0.4) is 0 Å². The van der Waals surface area contributed by atoms with E-state index < -0.39 is 18.2 Å². The zero-order chi connectivity index (χ0) is 16.6. The van der Waals surface area contributed by atoms with Gasteiger partial charge in [0.15, 0.2) is 0 Å². The van der Waals surface area contributed by atoms with Gasteiger partial charge in [0.05, 0.1) is 12.2 Å². The largest absolute Gasteiger partial charge is 0.481 e. The summed E-state index contributed by atoms with van der Waals surface area (Å²) in [6.45, 7) is 0.248. The van der Waals surface area contributed by atoms with Crippen LogP contribution in [0.15, 0.2) is 0 Å². The molecule has 22 heavy (non-hydrogen) atoms. The van der Waals surface area contributed by atoms with Gasteiger partial charge in [0, 0.05) is 13.0 Å². The average Bonchev–Trinajstić information content (AvgIpc) is 2.49. The Morgan fingerprint density at radius 2 is 1.09 bits per heavy atom. The fourth-order valence-electron chi connectivity index (χ4n) is 2.54. The van der Waals surface area contributed by atoms with E-state index >= 15 is 0 Å². The van der Waals surface area contributed by atoms with E-state index in [9.17, 15) is 15.0 Å².